The summed E-state index contributed by atoms with van der Waals surface area (Å²) in [6, 6.07) is 7.80. The number of rotatable bonds is 5. The Bertz CT molecular complexity index is 333. The molecule has 0 aliphatic heterocycles. The molecule has 0 radical (unpaired) electrons. The normalized spacial score (nSPS) is 11.8. The minimum Gasteiger partial charge on any atom is -0.497 e. The molecule has 0 saturated heterocycles. The maximum atomic E-state index is 8.49. The average molecular weight is 242 g/mol. The van der Waals surface area contributed by atoms with E-state index in [0.717, 1.165) is 17.1 Å². The molecule has 80 valence electrons. The molecule has 1 atom stereocenters. The van der Waals surface area contributed by atoms with E-state index in [1.165, 1.54) is 11.8 Å². The van der Waals surface area contributed by atoms with Gasteiger partial charge < -0.3 is 4.74 Å². The van der Waals surface area contributed by atoms with Crippen LogP contribution in [0, 0.1) is 10.7 Å². The van der Waals surface area contributed by atoms with Gasteiger partial charge in [0.25, 0.3) is 0 Å². The summed E-state index contributed by atoms with van der Waals surface area (Å²) in [4.78, 5) is 0. The van der Waals surface area contributed by atoms with Crippen molar-refractivity contribution in [2.75, 3.05) is 18.7 Å². The molecule has 0 amide bonds. The van der Waals surface area contributed by atoms with Gasteiger partial charge in [0, 0.05) is 17.6 Å². The molecule has 0 fully saturated rings. The molecule has 0 aromatic heterocycles. The van der Waals surface area contributed by atoms with Crippen LogP contribution in [0.4, 0.5) is 0 Å². The lowest BCUT2D eigenvalue weighted by atomic mass is 10.0. The van der Waals surface area contributed by atoms with E-state index >= 15 is 0 Å². The Balaban J connectivity index is 2.70. The minimum absolute atomic E-state index is 0.224. The molecule has 0 N–H and O–H groups in total. The van der Waals surface area contributed by atoms with E-state index in [1.807, 2.05) is 24.3 Å². The van der Waals surface area contributed by atoms with E-state index in [1.54, 1.807) is 7.11 Å². The van der Waals surface area contributed by atoms with E-state index in [9.17, 15) is 0 Å². The lowest BCUT2D eigenvalue weighted by Gasteiger charge is -2.12. The summed E-state index contributed by atoms with van der Waals surface area (Å²) in [5, 5.41) is 10.5. The van der Waals surface area contributed by atoms with Crippen LogP contribution in [0.15, 0.2) is 24.3 Å². The highest BCUT2D eigenvalue weighted by molar-refractivity contribution is 8.03. The zero-order valence-corrected chi connectivity index (χ0v) is 10.0. The quantitative estimate of drug-likeness (QED) is 0.586. The van der Waals surface area contributed by atoms with Gasteiger partial charge in [-0.2, -0.15) is 5.26 Å². The van der Waals surface area contributed by atoms with Gasteiger partial charge in [0.1, 0.15) is 11.2 Å². The zero-order chi connectivity index (χ0) is 11.1. The smallest absolute Gasteiger partial charge is 0.133 e. The molecule has 0 aliphatic rings. The number of ether oxygens (including phenoxy) is 1. The second-order valence-electron chi connectivity index (χ2n) is 3.03. The Morgan fingerprint density at radius 2 is 2.13 bits per heavy atom. The zero-order valence-electron chi connectivity index (χ0n) is 8.44. The van der Waals surface area contributed by atoms with Crippen molar-refractivity contribution in [2.45, 2.75) is 5.92 Å². The van der Waals surface area contributed by atoms with Crippen LogP contribution in [0.25, 0.3) is 0 Å². The first-order valence-electron chi connectivity index (χ1n) is 4.52. The number of nitrogens with zero attached hydrogens (tertiary/aromatic N) is 1. The maximum absolute atomic E-state index is 8.49. The van der Waals surface area contributed by atoms with E-state index in [2.05, 4.69) is 5.40 Å². The van der Waals surface area contributed by atoms with Crippen molar-refractivity contribution < 1.29 is 4.74 Å². The summed E-state index contributed by atoms with van der Waals surface area (Å²) in [5.74, 6) is 2.31. The molecular weight excluding hydrogens is 230 g/mol. The van der Waals surface area contributed by atoms with Crippen molar-refractivity contribution in [1.82, 2.24) is 0 Å². The van der Waals surface area contributed by atoms with Gasteiger partial charge >= 0.3 is 0 Å². The molecule has 0 spiro atoms. The highest BCUT2D eigenvalue weighted by Crippen LogP contribution is 2.23. The predicted octanol–water partition coefficient (Wildman–Crippen LogP) is 3.23. The maximum Gasteiger partial charge on any atom is 0.133 e. The third-order valence-corrected chi connectivity index (χ3v) is 3.19. The van der Waals surface area contributed by atoms with Crippen molar-refractivity contribution >= 4 is 23.4 Å². The van der Waals surface area contributed by atoms with Gasteiger partial charge in [0.15, 0.2) is 0 Å². The molecule has 1 unspecified atom stereocenters. The fraction of sp³-hybridized carbons (Fsp3) is 0.364. The Hall–Kier alpha value is -0.850. The van der Waals surface area contributed by atoms with Crippen molar-refractivity contribution in [2.24, 2.45) is 0 Å². The third-order valence-electron chi connectivity index (χ3n) is 2.12. The van der Waals surface area contributed by atoms with E-state index in [4.69, 9.17) is 21.6 Å². The second kappa shape index (κ2) is 6.60. The second-order valence-corrected chi connectivity index (χ2v) is 4.14. The van der Waals surface area contributed by atoms with Gasteiger partial charge in [0.2, 0.25) is 0 Å². The van der Waals surface area contributed by atoms with Crippen molar-refractivity contribution in [1.29, 1.82) is 5.26 Å². The van der Waals surface area contributed by atoms with Crippen molar-refractivity contribution in [3.8, 4) is 11.2 Å². The van der Waals surface area contributed by atoms with E-state index in [-0.39, 0.29) is 5.92 Å². The Morgan fingerprint density at radius 1 is 1.47 bits per heavy atom. The van der Waals surface area contributed by atoms with Gasteiger partial charge in [-0.05, 0) is 29.5 Å². The Morgan fingerprint density at radius 3 is 2.60 bits per heavy atom. The minimum atomic E-state index is 0.224. The molecular formula is C11H12ClNOS. The molecule has 0 saturated carbocycles. The lowest BCUT2D eigenvalue weighted by molar-refractivity contribution is 0.414. The molecule has 0 bridgehead atoms. The van der Waals surface area contributed by atoms with Crippen LogP contribution in [-0.4, -0.2) is 18.7 Å². The first-order chi connectivity index (χ1) is 7.31. The molecule has 1 aromatic rings. The highest BCUT2D eigenvalue weighted by Gasteiger charge is 2.10. The standard InChI is InChI=1S/C11H12ClNOS/c1-14-11-4-2-9(3-5-11)10(6-12)7-15-8-13/h2-5,10H,6-7H2,1H3. The summed E-state index contributed by atoms with van der Waals surface area (Å²) in [6.07, 6.45) is 0. The number of nitriles is 1. The number of thiocyanates is 1. The number of alkyl halides is 1. The number of halogens is 1. The Kier molecular flexibility index (Phi) is 5.38. The highest BCUT2D eigenvalue weighted by atomic mass is 35.5. The van der Waals surface area contributed by atoms with Crippen LogP contribution in [0.3, 0.4) is 0 Å². The topological polar surface area (TPSA) is 33.0 Å². The first kappa shape index (κ1) is 12.2. The molecule has 15 heavy (non-hydrogen) atoms. The van der Waals surface area contributed by atoms with E-state index < -0.39 is 0 Å². The number of methoxy groups -OCH3 is 1. The summed E-state index contributed by atoms with van der Waals surface area (Å²) >= 11 is 7.09. The SMILES string of the molecule is COc1ccc(C(CCl)CSC#N)cc1. The molecule has 4 heteroatoms. The predicted molar refractivity (Wildman–Crippen MR) is 64.5 cm³/mol. The largest absolute Gasteiger partial charge is 0.497 e. The molecule has 1 rings (SSSR count). The van der Waals surface area contributed by atoms with Crippen LogP contribution < -0.4 is 4.74 Å². The molecule has 0 heterocycles. The molecule has 0 aliphatic carbocycles. The van der Waals surface area contributed by atoms with Crippen LogP contribution in [-0.2, 0) is 0 Å². The van der Waals surface area contributed by atoms with E-state index in [0.29, 0.717) is 5.88 Å². The summed E-state index contributed by atoms with van der Waals surface area (Å²) < 4.78 is 5.07. The summed E-state index contributed by atoms with van der Waals surface area (Å²) in [6.45, 7) is 0. The number of thioether (sulfide) groups is 1. The molecule has 1 aromatic carbocycles. The summed E-state index contributed by atoms with van der Waals surface area (Å²) in [7, 11) is 1.64. The number of hydrogen-bond donors (Lipinski definition) is 0. The van der Waals surface area contributed by atoms with Crippen molar-refractivity contribution in [3.05, 3.63) is 29.8 Å². The number of hydrogen-bond acceptors (Lipinski definition) is 3. The Labute approximate surface area is 99.2 Å². The lowest BCUT2D eigenvalue weighted by Crippen LogP contribution is -2.03. The molecule has 2 nitrogen and oxygen atoms in total. The van der Waals surface area contributed by atoms with Gasteiger partial charge in [0.05, 0.1) is 7.11 Å². The van der Waals surface area contributed by atoms with Crippen LogP contribution in [0.5, 0.6) is 5.75 Å². The van der Waals surface area contributed by atoms with Gasteiger partial charge in [-0.25, -0.2) is 0 Å². The average Bonchev–Trinajstić information content (AvgIpc) is 2.31. The van der Waals surface area contributed by atoms with Crippen LogP contribution >= 0.6 is 23.4 Å². The van der Waals surface area contributed by atoms with Crippen molar-refractivity contribution in [3.63, 3.8) is 0 Å². The van der Waals surface area contributed by atoms with Crippen LogP contribution in [0.2, 0.25) is 0 Å². The van der Waals surface area contributed by atoms with Crippen LogP contribution in [0.1, 0.15) is 11.5 Å². The summed E-state index contributed by atoms with van der Waals surface area (Å²) in [5.41, 5.74) is 1.15. The van der Waals surface area contributed by atoms with Gasteiger partial charge in [-0.1, -0.05) is 12.1 Å². The third kappa shape index (κ3) is 3.65. The monoisotopic (exact) mass is 241 g/mol. The number of benzene rings is 1. The van der Waals surface area contributed by atoms with Gasteiger partial charge in [-0.3, -0.25) is 0 Å². The van der Waals surface area contributed by atoms with Gasteiger partial charge in [-0.15, -0.1) is 11.6 Å². The first-order valence-corrected chi connectivity index (χ1v) is 6.04. The fourth-order valence-corrected chi connectivity index (χ4v) is 2.25. The fourth-order valence-electron chi connectivity index (χ4n) is 1.24.